The fourth-order valence-electron chi connectivity index (χ4n) is 2.72. The fourth-order valence-corrected chi connectivity index (χ4v) is 2.72. The highest BCUT2D eigenvalue weighted by molar-refractivity contribution is 5.94. The summed E-state index contributed by atoms with van der Waals surface area (Å²) in [6, 6.07) is 4.97. The molecule has 0 aliphatic rings. The van der Waals surface area contributed by atoms with Crippen LogP contribution in [0.25, 0.3) is 0 Å². The molecule has 0 aliphatic carbocycles. The fraction of sp³-hybridized carbons (Fsp3) is 0.526. The Labute approximate surface area is 161 Å². The van der Waals surface area contributed by atoms with Gasteiger partial charge in [0.15, 0.2) is 0 Å². The Morgan fingerprint density at radius 2 is 2.00 bits per heavy atom. The van der Waals surface area contributed by atoms with Gasteiger partial charge in [-0.25, -0.2) is 4.79 Å². The van der Waals surface area contributed by atoms with E-state index in [1.165, 1.54) is 5.56 Å². The van der Waals surface area contributed by atoms with Crippen LogP contribution in [-0.2, 0) is 17.8 Å². The lowest BCUT2D eigenvalue weighted by Gasteiger charge is -2.21. The van der Waals surface area contributed by atoms with Gasteiger partial charge >= 0.3 is 6.03 Å². The van der Waals surface area contributed by atoms with Gasteiger partial charge in [0.25, 0.3) is 0 Å². The van der Waals surface area contributed by atoms with Gasteiger partial charge in [0.1, 0.15) is 0 Å². The number of rotatable bonds is 10. The molecule has 6 N–H and O–H groups in total. The van der Waals surface area contributed by atoms with Gasteiger partial charge in [-0.15, -0.1) is 0 Å². The summed E-state index contributed by atoms with van der Waals surface area (Å²) < 4.78 is 0. The maximum atomic E-state index is 12.5. The predicted molar refractivity (Wildman–Crippen MR) is 109 cm³/mol. The maximum Gasteiger partial charge on any atom is 0.312 e. The number of anilines is 1. The molecule has 0 saturated carbocycles. The van der Waals surface area contributed by atoms with Crippen LogP contribution in [0.5, 0.6) is 0 Å². The Hall–Kier alpha value is -2.61. The van der Waals surface area contributed by atoms with Crippen LogP contribution < -0.4 is 21.7 Å². The van der Waals surface area contributed by atoms with Crippen molar-refractivity contribution in [3.63, 3.8) is 0 Å². The van der Waals surface area contributed by atoms with Gasteiger partial charge in [-0.2, -0.15) is 0 Å². The molecular weight excluding hydrogens is 344 g/mol. The topological polar surface area (TPSA) is 123 Å². The zero-order chi connectivity index (χ0) is 20.4. The third-order valence-electron chi connectivity index (χ3n) is 4.47. The Morgan fingerprint density at radius 3 is 2.56 bits per heavy atom. The van der Waals surface area contributed by atoms with Crippen LogP contribution in [0.1, 0.15) is 37.8 Å². The van der Waals surface area contributed by atoms with E-state index in [1.807, 2.05) is 30.1 Å². The molecule has 0 spiro atoms. The first-order valence-corrected chi connectivity index (χ1v) is 9.18. The number of hydrogen-bond acceptors (Lipinski definition) is 4. The summed E-state index contributed by atoms with van der Waals surface area (Å²) >= 11 is 0. The highest BCUT2D eigenvalue weighted by atomic mass is 16.2. The average Bonchev–Trinajstić information content (AvgIpc) is 2.61. The van der Waals surface area contributed by atoms with Crippen LogP contribution >= 0.6 is 0 Å². The largest absolute Gasteiger partial charge is 0.360 e. The molecule has 150 valence electrons. The number of primary amides is 1. The number of nitrogens with one attached hydrogen (secondary N) is 4. The molecule has 1 rings (SSSR count). The summed E-state index contributed by atoms with van der Waals surface area (Å²) in [4.78, 5) is 25.1. The second-order valence-corrected chi connectivity index (χ2v) is 6.54. The standard InChI is InChI=1S/C19H32N6O2/c1-5-14-8-9-16(11-15(14)12-25(4)13(2)20)24-18(26)17(22-3)7-6-10-23-19(21)27/h8-9,11,17,20,22H,5-7,10,12H2,1-4H3,(H,24,26)(H3,21,23,27). The molecule has 0 aromatic heterocycles. The predicted octanol–water partition coefficient (Wildman–Crippen LogP) is 1.65. The van der Waals surface area contributed by atoms with Gasteiger partial charge in [0, 0.05) is 25.8 Å². The summed E-state index contributed by atoms with van der Waals surface area (Å²) in [6.07, 6.45) is 2.12. The van der Waals surface area contributed by atoms with Gasteiger partial charge in [-0.3, -0.25) is 10.2 Å². The van der Waals surface area contributed by atoms with Crippen molar-refractivity contribution in [3.8, 4) is 0 Å². The molecule has 0 saturated heterocycles. The van der Waals surface area contributed by atoms with Crippen molar-refractivity contribution in [2.45, 2.75) is 45.7 Å². The lowest BCUT2D eigenvalue weighted by molar-refractivity contribution is -0.118. The van der Waals surface area contributed by atoms with E-state index in [2.05, 4.69) is 22.9 Å². The molecule has 0 bridgehead atoms. The van der Waals surface area contributed by atoms with Gasteiger partial charge < -0.3 is 26.6 Å². The SMILES string of the molecule is CCc1ccc(NC(=O)C(CCCNC(N)=O)NC)cc1CN(C)C(C)=N. The number of nitrogens with two attached hydrogens (primary N) is 1. The van der Waals surface area contributed by atoms with Crippen molar-refractivity contribution in [2.24, 2.45) is 5.73 Å². The van der Waals surface area contributed by atoms with Crippen LogP contribution in [0.15, 0.2) is 18.2 Å². The van der Waals surface area contributed by atoms with Crippen LogP contribution in [0, 0.1) is 5.41 Å². The molecule has 3 amide bonds. The number of carbonyl (C=O) groups is 2. The molecule has 1 aromatic carbocycles. The van der Waals surface area contributed by atoms with Crippen molar-refractivity contribution in [1.29, 1.82) is 5.41 Å². The highest BCUT2D eigenvalue weighted by Crippen LogP contribution is 2.19. The molecule has 0 radical (unpaired) electrons. The van der Waals surface area contributed by atoms with Crippen molar-refractivity contribution >= 4 is 23.5 Å². The molecular formula is C19H32N6O2. The molecule has 0 heterocycles. The lowest BCUT2D eigenvalue weighted by atomic mass is 10.0. The Bertz CT molecular complexity index is 662. The van der Waals surface area contributed by atoms with Gasteiger partial charge in [0.05, 0.1) is 11.9 Å². The zero-order valence-electron chi connectivity index (χ0n) is 16.7. The smallest absolute Gasteiger partial charge is 0.312 e. The Kier molecular flexibility index (Phi) is 9.29. The van der Waals surface area contributed by atoms with Gasteiger partial charge in [-0.05, 0) is 56.5 Å². The second-order valence-electron chi connectivity index (χ2n) is 6.54. The molecule has 0 fully saturated rings. The quantitative estimate of drug-likeness (QED) is 0.242. The first-order valence-electron chi connectivity index (χ1n) is 9.18. The molecule has 1 aromatic rings. The number of amidine groups is 1. The highest BCUT2D eigenvalue weighted by Gasteiger charge is 2.17. The van der Waals surface area contributed by atoms with E-state index in [9.17, 15) is 9.59 Å². The Balaban J connectivity index is 2.76. The van der Waals surface area contributed by atoms with Crippen LogP contribution in [0.4, 0.5) is 10.5 Å². The number of urea groups is 1. The molecule has 1 atom stereocenters. The van der Waals surface area contributed by atoms with E-state index >= 15 is 0 Å². The van der Waals surface area contributed by atoms with Crippen molar-refractivity contribution in [2.75, 3.05) is 26.0 Å². The number of nitrogens with zero attached hydrogens (tertiary/aromatic N) is 1. The molecule has 1 unspecified atom stereocenters. The van der Waals surface area contributed by atoms with Crippen molar-refractivity contribution in [1.82, 2.24) is 15.5 Å². The minimum Gasteiger partial charge on any atom is -0.360 e. The third-order valence-corrected chi connectivity index (χ3v) is 4.47. The number of aryl methyl sites for hydroxylation is 1. The maximum absolute atomic E-state index is 12.5. The van der Waals surface area contributed by atoms with Crippen LogP contribution in [0.2, 0.25) is 0 Å². The van der Waals surface area contributed by atoms with E-state index in [-0.39, 0.29) is 11.9 Å². The molecule has 8 nitrogen and oxygen atoms in total. The molecule has 0 aliphatic heterocycles. The normalized spacial score (nSPS) is 11.6. The monoisotopic (exact) mass is 376 g/mol. The van der Waals surface area contributed by atoms with Crippen molar-refractivity contribution in [3.05, 3.63) is 29.3 Å². The van der Waals surface area contributed by atoms with Gasteiger partial charge in [-0.1, -0.05) is 13.0 Å². The van der Waals surface area contributed by atoms with E-state index in [1.54, 1.807) is 14.0 Å². The third kappa shape index (κ3) is 7.65. The van der Waals surface area contributed by atoms with Crippen molar-refractivity contribution < 1.29 is 9.59 Å². The average molecular weight is 377 g/mol. The molecule has 27 heavy (non-hydrogen) atoms. The van der Waals surface area contributed by atoms with Gasteiger partial charge in [0.2, 0.25) is 5.91 Å². The van der Waals surface area contributed by atoms with E-state index in [4.69, 9.17) is 11.1 Å². The molecule has 8 heteroatoms. The minimum atomic E-state index is -0.561. The summed E-state index contributed by atoms with van der Waals surface area (Å²) in [5, 5.41) is 16.2. The zero-order valence-corrected chi connectivity index (χ0v) is 16.7. The van der Waals surface area contributed by atoms with E-state index in [0.29, 0.717) is 31.8 Å². The lowest BCUT2D eigenvalue weighted by Crippen LogP contribution is -2.39. The number of hydrogen-bond donors (Lipinski definition) is 5. The number of benzene rings is 1. The summed E-state index contributed by atoms with van der Waals surface area (Å²) in [7, 11) is 3.61. The van der Waals surface area contributed by atoms with Crippen LogP contribution in [0.3, 0.4) is 0 Å². The van der Waals surface area contributed by atoms with Crippen LogP contribution in [-0.4, -0.2) is 49.4 Å². The summed E-state index contributed by atoms with van der Waals surface area (Å²) in [6.45, 7) is 4.90. The number of amides is 3. The summed E-state index contributed by atoms with van der Waals surface area (Å²) in [5.41, 5.74) is 8.06. The first-order chi connectivity index (χ1) is 12.8. The minimum absolute atomic E-state index is 0.122. The summed E-state index contributed by atoms with van der Waals surface area (Å²) in [5.74, 6) is 0.370. The van der Waals surface area contributed by atoms with E-state index in [0.717, 1.165) is 17.7 Å². The number of carbonyl (C=O) groups excluding carboxylic acids is 2. The number of likely N-dealkylation sites (N-methyl/N-ethyl adjacent to an activating group) is 1. The van der Waals surface area contributed by atoms with E-state index < -0.39 is 6.03 Å². The second kappa shape index (κ2) is 11.2. The first kappa shape index (κ1) is 22.4. The Morgan fingerprint density at radius 1 is 1.30 bits per heavy atom.